The molecular formula is C37H37NO2. The fraction of sp³-hybridized carbons (Fsp3) is 0.324. The van der Waals surface area contributed by atoms with Crippen LogP contribution in [0.5, 0.6) is 5.75 Å². The molecule has 0 amide bonds. The SMILES string of the molecule is O=C1CC2(CCN(c3ccc([C@@H]4c5ccc(OCc6ccccc6)cc5CC[C@@H]4c4ccccc4)cc3)CC2)C1. The molecule has 1 saturated carbocycles. The molecule has 3 nitrogen and oxygen atoms in total. The predicted molar refractivity (Wildman–Crippen MR) is 161 cm³/mol. The molecule has 0 bridgehead atoms. The number of benzene rings is 4. The molecule has 2 fully saturated rings. The number of hydrogen-bond donors (Lipinski definition) is 0. The third-order valence-corrected chi connectivity index (χ3v) is 9.64. The number of anilines is 1. The van der Waals surface area contributed by atoms with Crippen molar-refractivity contribution in [2.45, 2.75) is 57.0 Å². The van der Waals surface area contributed by atoms with Crippen molar-refractivity contribution in [2.24, 2.45) is 5.41 Å². The van der Waals surface area contributed by atoms with Gasteiger partial charge in [-0.15, -0.1) is 0 Å². The summed E-state index contributed by atoms with van der Waals surface area (Å²) in [6.07, 6.45) is 6.08. The molecule has 202 valence electrons. The largest absolute Gasteiger partial charge is 0.489 e. The number of piperidine rings is 1. The molecule has 1 saturated heterocycles. The van der Waals surface area contributed by atoms with Gasteiger partial charge in [0.1, 0.15) is 18.1 Å². The average Bonchev–Trinajstić information content (AvgIpc) is 3.00. The van der Waals surface area contributed by atoms with Crippen LogP contribution in [-0.2, 0) is 17.8 Å². The Morgan fingerprint density at radius 1 is 0.775 bits per heavy atom. The molecule has 2 atom stereocenters. The molecule has 3 heteroatoms. The lowest BCUT2D eigenvalue weighted by atomic mass is 9.62. The van der Waals surface area contributed by atoms with Gasteiger partial charge in [0.05, 0.1) is 0 Å². The number of rotatable bonds is 6. The van der Waals surface area contributed by atoms with E-state index < -0.39 is 0 Å². The van der Waals surface area contributed by atoms with E-state index in [1.165, 1.54) is 33.5 Å². The lowest BCUT2D eigenvalue weighted by molar-refractivity contribution is -0.133. The maximum Gasteiger partial charge on any atom is 0.134 e. The predicted octanol–water partition coefficient (Wildman–Crippen LogP) is 8.08. The van der Waals surface area contributed by atoms with Gasteiger partial charge in [-0.1, -0.05) is 78.9 Å². The van der Waals surface area contributed by atoms with Gasteiger partial charge in [-0.05, 0) is 89.1 Å². The minimum atomic E-state index is 0.311. The molecule has 0 aromatic heterocycles. The minimum Gasteiger partial charge on any atom is -0.489 e. The van der Waals surface area contributed by atoms with Crippen LogP contribution in [0.1, 0.15) is 71.8 Å². The number of hydrogen-bond acceptors (Lipinski definition) is 3. The zero-order valence-electron chi connectivity index (χ0n) is 23.1. The van der Waals surface area contributed by atoms with E-state index in [2.05, 4.69) is 102 Å². The van der Waals surface area contributed by atoms with Crippen LogP contribution in [0.15, 0.2) is 103 Å². The molecule has 0 radical (unpaired) electrons. The summed E-state index contributed by atoms with van der Waals surface area (Å²) in [5.74, 6) is 2.16. The first-order chi connectivity index (χ1) is 19.7. The van der Waals surface area contributed by atoms with E-state index in [1.54, 1.807) is 0 Å². The maximum atomic E-state index is 11.6. The molecular weight excluding hydrogens is 490 g/mol. The van der Waals surface area contributed by atoms with Crippen LogP contribution >= 0.6 is 0 Å². The van der Waals surface area contributed by atoms with Gasteiger partial charge < -0.3 is 9.64 Å². The standard InChI is InChI=1S/C37H37NO2/c39-32-24-37(25-32)19-21-38(22-20-37)31-14-11-29(12-15-31)36-34(28-9-5-2-6-10-28)17-13-30-23-33(16-18-35(30)36)40-26-27-7-3-1-4-8-27/h1-12,14-16,18,23,34,36H,13,17,19-22,24-26H2/t34-,36+/m1/s1. The Labute approximate surface area is 237 Å². The fourth-order valence-corrected chi connectivity index (χ4v) is 7.37. The van der Waals surface area contributed by atoms with Crippen LogP contribution in [0, 0.1) is 5.41 Å². The van der Waals surface area contributed by atoms with Crippen molar-refractivity contribution in [3.63, 3.8) is 0 Å². The summed E-state index contributed by atoms with van der Waals surface area (Å²) >= 11 is 0. The Kier molecular flexibility index (Phi) is 6.67. The van der Waals surface area contributed by atoms with Crippen molar-refractivity contribution in [2.75, 3.05) is 18.0 Å². The van der Waals surface area contributed by atoms with E-state index in [9.17, 15) is 4.79 Å². The molecule has 7 rings (SSSR count). The number of ketones is 1. The summed E-state index contributed by atoms with van der Waals surface area (Å²) in [5, 5.41) is 0. The highest BCUT2D eigenvalue weighted by Gasteiger charge is 2.45. The summed E-state index contributed by atoms with van der Waals surface area (Å²) in [6, 6.07) is 37.5. The smallest absolute Gasteiger partial charge is 0.134 e. The van der Waals surface area contributed by atoms with Gasteiger partial charge in [-0.3, -0.25) is 4.79 Å². The number of carbonyl (C=O) groups is 1. The van der Waals surface area contributed by atoms with Crippen molar-refractivity contribution in [3.05, 3.63) is 131 Å². The summed E-state index contributed by atoms with van der Waals surface area (Å²) in [6.45, 7) is 2.69. The highest BCUT2D eigenvalue weighted by molar-refractivity contribution is 5.86. The van der Waals surface area contributed by atoms with Crippen molar-refractivity contribution < 1.29 is 9.53 Å². The Morgan fingerprint density at radius 2 is 1.48 bits per heavy atom. The van der Waals surface area contributed by atoms with Crippen LogP contribution in [0.2, 0.25) is 0 Å². The quantitative estimate of drug-likeness (QED) is 0.254. The second kappa shape index (κ2) is 10.6. The Morgan fingerprint density at radius 3 is 2.17 bits per heavy atom. The van der Waals surface area contributed by atoms with E-state index in [4.69, 9.17) is 4.74 Å². The van der Waals surface area contributed by atoms with Crippen molar-refractivity contribution in [1.29, 1.82) is 0 Å². The number of Topliss-reactive ketones (excluding diaryl/α,β-unsaturated/α-hetero) is 1. The number of ether oxygens (including phenoxy) is 1. The van der Waals surface area contributed by atoms with Crippen LogP contribution in [0.25, 0.3) is 0 Å². The van der Waals surface area contributed by atoms with Crippen molar-refractivity contribution in [1.82, 2.24) is 0 Å². The van der Waals surface area contributed by atoms with E-state index in [0.717, 1.165) is 57.4 Å². The summed E-state index contributed by atoms with van der Waals surface area (Å²) in [4.78, 5) is 14.1. The third kappa shape index (κ3) is 4.94. The lowest BCUT2D eigenvalue weighted by Gasteiger charge is -2.47. The highest BCUT2D eigenvalue weighted by Crippen LogP contribution is 2.49. The normalized spacial score (nSPS) is 21.5. The van der Waals surface area contributed by atoms with Gasteiger partial charge in [-0.2, -0.15) is 0 Å². The van der Waals surface area contributed by atoms with E-state index in [-0.39, 0.29) is 0 Å². The summed E-state index contributed by atoms with van der Waals surface area (Å²) in [7, 11) is 0. The highest BCUT2D eigenvalue weighted by atomic mass is 16.5. The number of nitrogens with zero attached hydrogens (tertiary/aromatic N) is 1. The van der Waals surface area contributed by atoms with Gasteiger partial charge >= 0.3 is 0 Å². The first kappa shape index (κ1) is 25.1. The van der Waals surface area contributed by atoms with E-state index in [1.807, 2.05) is 6.07 Å². The maximum absolute atomic E-state index is 11.6. The molecule has 4 aromatic rings. The number of fused-ring (bicyclic) bond motifs is 1. The first-order valence-electron chi connectivity index (χ1n) is 14.9. The molecule has 0 N–H and O–H groups in total. The zero-order chi connectivity index (χ0) is 26.9. The molecule has 2 aliphatic carbocycles. The Balaban J connectivity index is 1.14. The van der Waals surface area contributed by atoms with E-state index in [0.29, 0.717) is 29.6 Å². The summed E-state index contributed by atoms with van der Waals surface area (Å²) in [5.41, 5.74) is 8.44. The number of aryl methyl sites for hydroxylation is 1. The second-order valence-corrected chi connectivity index (χ2v) is 12.1. The molecule has 0 unspecified atom stereocenters. The van der Waals surface area contributed by atoms with Crippen molar-refractivity contribution in [3.8, 4) is 5.75 Å². The number of carbonyl (C=O) groups excluding carboxylic acids is 1. The Bertz CT molecular complexity index is 1460. The molecule has 1 aliphatic heterocycles. The second-order valence-electron chi connectivity index (χ2n) is 12.1. The zero-order valence-corrected chi connectivity index (χ0v) is 23.1. The van der Waals surface area contributed by atoms with Gasteiger partial charge in [0, 0.05) is 37.5 Å². The van der Waals surface area contributed by atoms with Gasteiger partial charge in [0.25, 0.3) is 0 Å². The topological polar surface area (TPSA) is 29.5 Å². The van der Waals surface area contributed by atoms with Gasteiger partial charge in [0.15, 0.2) is 0 Å². The van der Waals surface area contributed by atoms with Gasteiger partial charge in [0.2, 0.25) is 0 Å². The Hall–Kier alpha value is -3.85. The van der Waals surface area contributed by atoms with E-state index >= 15 is 0 Å². The van der Waals surface area contributed by atoms with Gasteiger partial charge in [-0.25, -0.2) is 0 Å². The average molecular weight is 528 g/mol. The fourth-order valence-electron chi connectivity index (χ4n) is 7.37. The van der Waals surface area contributed by atoms with Crippen molar-refractivity contribution >= 4 is 11.5 Å². The van der Waals surface area contributed by atoms with Crippen LogP contribution in [0.3, 0.4) is 0 Å². The molecule has 3 aliphatic rings. The van der Waals surface area contributed by atoms with Crippen LogP contribution < -0.4 is 9.64 Å². The molecule has 1 heterocycles. The molecule has 1 spiro atoms. The van der Waals surface area contributed by atoms with Crippen LogP contribution in [-0.4, -0.2) is 18.9 Å². The summed E-state index contributed by atoms with van der Waals surface area (Å²) < 4.78 is 6.20. The first-order valence-corrected chi connectivity index (χ1v) is 14.9. The lowest BCUT2D eigenvalue weighted by Crippen LogP contribution is -2.47. The minimum absolute atomic E-state index is 0.311. The molecule has 4 aromatic carbocycles. The third-order valence-electron chi connectivity index (χ3n) is 9.64. The van der Waals surface area contributed by atoms with Crippen LogP contribution in [0.4, 0.5) is 5.69 Å². The monoisotopic (exact) mass is 527 g/mol. The molecule has 40 heavy (non-hydrogen) atoms.